The van der Waals surface area contributed by atoms with Gasteiger partial charge < -0.3 is 9.32 Å². The number of rotatable bonds is 5. The molecule has 1 aliphatic heterocycles. The summed E-state index contributed by atoms with van der Waals surface area (Å²) in [5, 5.41) is 0. The number of hydrogen-bond donors (Lipinski definition) is 1. The number of carbonyl (C=O) groups excluding carboxylic acids is 1. The van der Waals surface area contributed by atoms with Gasteiger partial charge in [0.1, 0.15) is 0 Å². The third-order valence-electron chi connectivity index (χ3n) is 5.85. The Morgan fingerprint density at radius 3 is 2.64 bits per heavy atom. The fourth-order valence-corrected chi connectivity index (χ4v) is 5.09. The van der Waals surface area contributed by atoms with E-state index in [0.29, 0.717) is 24.0 Å². The van der Waals surface area contributed by atoms with Crippen LogP contribution in [0, 0.1) is 0 Å². The number of fused-ring (bicyclic) bond motifs is 2. The average molecular weight is 464 g/mol. The van der Waals surface area contributed by atoms with Crippen molar-refractivity contribution in [2.24, 2.45) is 7.05 Å². The first-order valence-corrected chi connectivity index (χ1v) is 11.9. The fraction of sp³-hybridized carbons (Fsp3) is 0.167. The maximum atomic E-state index is 12.8. The summed E-state index contributed by atoms with van der Waals surface area (Å²) in [6, 6.07) is 19.1. The van der Waals surface area contributed by atoms with E-state index in [1.54, 1.807) is 30.1 Å². The van der Waals surface area contributed by atoms with Crippen LogP contribution in [0.2, 0.25) is 0 Å². The van der Waals surface area contributed by atoms with Gasteiger partial charge in [-0.15, -0.1) is 0 Å². The first-order chi connectivity index (χ1) is 15.8. The molecule has 0 atom stereocenters. The number of amides is 1. The fourth-order valence-electron chi connectivity index (χ4n) is 4.06. The molecule has 9 heteroatoms. The average Bonchev–Trinajstić information content (AvgIpc) is 3.37. The molecular weight excluding hydrogens is 442 g/mol. The van der Waals surface area contributed by atoms with Crippen LogP contribution in [-0.2, 0) is 30.0 Å². The Bertz CT molecular complexity index is 1540. The summed E-state index contributed by atoms with van der Waals surface area (Å²) < 4.78 is 34.6. The third kappa shape index (κ3) is 3.85. The van der Waals surface area contributed by atoms with E-state index in [2.05, 4.69) is 4.72 Å². The summed E-state index contributed by atoms with van der Waals surface area (Å²) in [5.41, 5.74) is 4.01. The molecule has 0 fully saturated rings. The summed E-state index contributed by atoms with van der Waals surface area (Å²) in [7, 11) is -2.26. The number of aromatic nitrogens is 1. The van der Waals surface area contributed by atoms with Gasteiger partial charge in [0, 0.05) is 37.5 Å². The quantitative estimate of drug-likeness (QED) is 0.490. The monoisotopic (exact) mass is 463 g/mol. The lowest BCUT2D eigenvalue weighted by molar-refractivity contribution is 0.0989. The van der Waals surface area contributed by atoms with Crippen molar-refractivity contribution in [2.75, 3.05) is 11.4 Å². The van der Waals surface area contributed by atoms with Crippen LogP contribution in [0.3, 0.4) is 0 Å². The second-order valence-corrected chi connectivity index (χ2v) is 9.68. The predicted octanol–water partition coefficient (Wildman–Crippen LogP) is 2.81. The third-order valence-corrected chi connectivity index (χ3v) is 7.24. The van der Waals surface area contributed by atoms with Gasteiger partial charge in [0.2, 0.25) is 10.0 Å². The number of anilines is 1. The molecule has 4 aromatic rings. The number of sulfonamides is 1. The van der Waals surface area contributed by atoms with Crippen molar-refractivity contribution in [3.8, 4) is 0 Å². The topological polar surface area (TPSA) is 102 Å². The molecule has 8 nitrogen and oxygen atoms in total. The number of aryl methyl sites for hydroxylation is 1. The van der Waals surface area contributed by atoms with E-state index in [9.17, 15) is 18.0 Å². The molecule has 1 aliphatic rings. The van der Waals surface area contributed by atoms with Crippen molar-refractivity contribution in [1.82, 2.24) is 9.29 Å². The summed E-state index contributed by atoms with van der Waals surface area (Å²) >= 11 is 0. The predicted molar refractivity (Wildman–Crippen MR) is 124 cm³/mol. The van der Waals surface area contributed by atoms with Crippen LogP contribution < -0.4 is 15.4 Å². The minimum atomic E-state index is -3.81. The molecule has 0 saturated carbocycles. The first kappa shape index (κ1) is 21.2. The van der Waals surface area contributed by atoms with E-state index in [1.807, 2.05) is 36.4 Å². The molecule has 0 radical (unpaired) electrons. The molecule has 1 amide bonds. The molecule has 1 N–H and O–H groups in total. The summed E-state index contributed by atoms with van der Waals surface area (Å²) in [4.78, 5) is 26.3. The highest BCUT2D eigenvalue weighted by Gasteiger charge is 2.26. The number of carbonyl (C=O) groups is 1. The standard InChI is InChI=1S/C24H21N3O5S/c1-26-21-10-8-19(14-22(21)32-24(26)29)33(30,31)25-15-16-7-9-20-18(13-16)11-12-27(20)23(28)17-5-3-2-4-6-17/h2-10,13-14,25H,11-12,15H2,1H3. The molecule has 0 unspecified atom stereocenters. The van der Waals surface area contributed by atoms with Crippen LogP contribution in [0.1, 0.15) is 21.5 Å². The lowest BCUT2D eigenvalue weighted by Gasteiger charge is -2.17. The van der Waals surface area contributed by atoms with Gasteiger partial charge in [0.25, 0.3) is 5.91 Å². The molecule has 2 heterocycles. The van der Waals surface area contributed by atoms with Crippen LogP contribution in [0.5, 0.6) is 0 Å². The SMILES string of the molecule is Cn1c(=O)oc2cc(S(=O)(=O)NCc3ccc4c(c3)CCN4C(=O)c3ccccc3)ccc21. The van der Waals surface area contributed by atoms with E-state index in [-0.39, 0.29) is 22.9 Å². The minimum absolute atomic E-state index is 0.0187. The van der Waals surface area contributed by atoms with Crippen LogP contribution in [0.4, 0.5) is 5.69 Å². The molecule has 3 aromatic carbocycles. The summed E-state index contributed by atoms with van der Waals surface area (Å²) in [6.07, 6.45) is 0.707. The molecule has 0 saturated heterocycles. The minimum Gasteiger partial charge on any atom is -0.408 e. The lowest BCUT2D eigenvalue weighted by atomic mass is 10.1. The van der Waals surface area contributed by atoms with E-state index in [0.717, 1.165) is 16.8 Å². The smallest absolute Gasteiger partial charge is 0.408 e. The van der Waals surface area contributed by atoms with E-state index < -0.39 is 15.8 Å². The Hall–Kier alpha value is -3.69. The Morgan fingerprint density at radius 2 is 1.85 bits per heavy atom. The van der Waals surface area contributed by atoms with Gasteiger partial charge in [-0.1, -0.05) is 30.3 Å². The van der Waals surface area contributed by atoms with Crippen LogP contribution in [-0.4, -0.2) is 25.4 Å². The second-order valence-electron chi connectivity index (χ2n) is 7.92. The van der Waals surface area contributed by atoms with Gasteiger partial charge in [0.15, 0.2) is 5.58 Å². The highest BCUT2D eigenvalue weighted by molar-refractivity contribution is 7.89. The van der Waals surface area contributed by atoms with Crippen molar-refractivity contribution in [3.05, 3.63) is 94.0 Å². The van der Waals surface area contributed by atoms with Crippen LogP contribution in [0.25, 0.3) is 11.1 Å². The Balaban J connectivity index is 1.33. The Kier molecular flexibility index (Phi) is 5.15. The Labute approximate surface area is 190 Å². The van der Waals surface area contributed by atoms with Crippen molar-refractivity contribution < 1.29 is 17.6 Å². The highest BCUT2D eigenvalue weighted by Crippen LogP contribution is 2.30. The highest BCUT2D eigenvalue weighted by atomic mass is 32.2. The molecule has 1 aromatic heterocycles. The van der Waals surface area contributed by atoms with Gasteiger partial charge in [0.05, 0.1) is 10.4 Å². The first-order valence-electron chi connectivity index (χ1n) is 10.4. The van der Waals surface area contributed by atoms with Gasteiger partial charge in [-0.25, -0.2) is 17.9 Å². The number of oxazole rings is 1. The molecule has 0 aliphatic carbocycles. The van der Waals surface area contributed by atoms with Gasteiger partial charge in [-0.05, 0) is 47.9 Å². The van der Waals surface area contributed by atoms with Crippen molar-refractivity contribution in [2.45, 2.75) is 17.9 Å². The second kappa shape index (κ2) is 8.02. The lowest BCUT2D eigenvalue weighted by Crippen LogP contribution is -2.28. The number of benzene rings is 3. The number of nitrogens with one attached hydrogen (secondary N) is 1. The van der Waals surface area contributed by atoms with Crippen molar-refractivity contribution >= 4 is 32.7 Å². The summed E-state index contributed by atoms with van der Waals surface area (Å²) in [5.74, 6) is -0.601. The van der Waals surface area contributed by atoms with Gasteiger partial charge in [-0.3, -0.25) is 9.36 Å². The van der Waals surface area contributed by atoms with E-state index in [1.165, 1.54) is 16.7 Å². The Morgan fingerprint density at radius 1 is 1.06 bits per heavy atom. The molecule has 5 rings (SSSR count). The van der Waals surface area contributed by atoms with Crippen LogP contribution in [0.15, 0.2) is 80.8 Å². The van der Waals surface area contributed by atoms with Crippen LogP contribution >= 0.6 is 0 Å². The molecular formula is C24H21N3O5S. The van der Waals surface area contributed by atoms with E-state index >= 15 is 0 Å². The normalized spacial score (nSPS) is 13.4. The number of hydrogen-bond acceptors (Lipinski definition) is 5. The molecule has 0 bridgehead atoms. The molecule has 168 valence electrons. The van der Waals surface area contributed by atoms with Crippen molar-refractivity contribution in [3.63, 3.8) is 0 Å². The van der Waals surface area contributed by atoms with Crippen molar-refractivity contribution in [1.29, 1.82) is 0 Å². The zero-order chi connectivity index (χ0) is 23.2. The maximum absolute atomic E-state index is 12.8. The maximum Gasteiger partial charge on any atom is 0.419 e. The largest absolute Gasteiger partial charge is 0.419 e. The molecule has 0 spiro atoms. The zero-order valence-corrected chi connectivity index (χ0v) is 18.6. The van der Waals surface area contributed by atoms with Gasteiger partial charge in [-0.2, -0.15) is 0 Å². The van der Waals surface area contributed by atoms with E-state index in [4.69, 9.17) is 4.42 Å². The van der Waals surface area contributed by atoms with Gasteiger partial charge >= 0.3 is 5.76 Å². The molecule has 33 heavy (non-hydrogen) atoms. The zero-order valence-electron chi connectivity index (χ0n) is 17.8. The number of nitrogens with zero attached hydrogens (tertiary/aromatic N) is 2. The summed E-state index contributed by atoms with van der Waals surface area (Å²) in [6.45, 7) is 0.680.